The molecule has 1 aromatic carbocycles. The van der Waals surface area contributed by atoms with E-state index in [0.717, 1.165) is 25.0 Å². The van der Waals surface area contributed by atoms with Gasteiger partial charge in [0, 0.05) is 5.56 Å². The third kappa shape index (κ3) is 5.56. The van der Waals surface area contributed by atoms with E-state index in [0.29, 0.717) is 12.2 Å². The highest BCUT2D eigenvalue weighted by Crippen LogP contribution is 2.22. The van der Waals surface area contributed by atoms with Gasteiger partial charge in [0.05, 0.1) is 18.1 Å². The lowest BCUT2D eigenvalue weighted by Gasteiger charge is -2.14. The van der Waals surface area contributed by atoms with Gasteiger partial charge in [-0.1, -0.05) is 12.1 Å². The predicted octanol–water partition coefficient (Wildman–Crippen LogP) is 3.99. The van der Waals surface area contributed by atoms with Gasteiger partial charge in [-0.05, 0) is 52.2 Å². The average molecular weight is 259 g/mol. The molecule has 19 heavy (non-hydrogen) atoms. The minimum absolute atomic E-state index is 0.0428. The Morgan fingerprint density at radius 2 is 2.11 bits per heavy atom. The Morgan fingerprint density at radius 1 is 1.37 bits per heavy atom. The lowest BCUT2D eigenvalue weighted by molar-refractivity contribution is 0.101. The molecule has 0 spiro atoms. The van der Waals surface area contributed by atoms with E-state index in [2.05, 4.69) is 6.07 Å². The molecule has 0 aliphatic heterocycles. The van der Waals surface area contributed by atoms with Crippen LogP contribution in [0.15, 0.2) is 24.3 Å². The van der Waals surface area contributed by atoms with Crippen LogP contribution in [0.5, 0.6) is 5.75 Å². The molecule has 3 nitrogen and oxygen atoms in total. The molecule has 0 amide bonds. The molecule has 0 N–H and O–H groups in total. The van der Waals surface area contributed by atoms with Crippen molar-refractivity contribution in [2.45, 2.75) is 40.0 Å². The van der Waals surface area contributed by atoms with E-state index in [9.17, 15) is 4.79 Å². The molecule has 0 unspecified atom stereocenters. The zero-order chi connectivity index (χ0) is 14.3. The molecule has 0 aromatic heterocycles. The summed E-state index contributed by atoms with van der Waals surface area (Å²) in [5.74, 6) is 0.772. The largest absolute Gasteiger partial charge is 0.494 e. The molecule has 0 bridgehead atoms. The fourth-order valence-corrected chi connectivity index (χ4v) is 1.72. The van der Waals surface area contributed by atoms with Gasteiger partial charge in [0.1, 0.15) is 5.75 Å². The van der Waals surface area contributed by atoms with Crippen molar-refractivity contribution in [1.82, 2.24) is 0 Å². The minimum atomic E-state index is -0.255. The van der Waals surface area contributed by atoms with Crippen molar-refractivity contribution in [3.63, 3.8) is 0 Å². The van der Waals surface area contributed by atoms with E-state index in [1.54, 1.807) is 19.1 Å². The van der Waals surface area contributed by atoms with E-state index in [1.807, 2.05) is 26.0 Å². The van der Waals surface area contributed by atoms with Crippen molar-refractivity contribution in [1.29, 1.82) is 5.26 Å². The standard InChI is InChI=1S/C16H21NO2/c1-13(18)14-7-6-8-15(11-14)19-10-5-4-9-16(2,3)12-17/h6-8,11H,4-5,9-10H2,1-3H3. The van der Waals surface area contributed by atoms with Crippen LogP contribution in [0.2, 0.25) is 0 Å². The van der Waals surface area contributed by atoms with E-state index >= 15 is 0 Å². The number of ketones is 1. The fourth-order valence-electron chi connectivity index (χ4n) is 1.72. The Kier molecular flexibility index (Phi) is 5.57. The Bertz CT molecular complexity index is 472. The molecule has 3 heteroatoms. The fraction of sp³-hybridized carbons (Fsp3) is 0.500. The molecule has 0 fully saturated rings. The molecule has 0 radical (unpaired) electrons. The average Bonchev–Trinajstić information content (AvgIpc) is 2.38. The van der Waals surface area contributed by atoms with Crippen LogP contribution in [0, 0.1) is 16.7 Å². The second-order valence-corrected chi connectivity index (χ2v) is 5.39. The highest BCUT2D eigenvalue weighted by Gasteiger charge is 2.15. The number of rotatable bonds is 7. The number of nitriles is 1. The molecule has 0 aliphatic rings. The summed E-state index contributed by atoms with van der Waals surface area (Å²) >= 11 is 0. The van der Waals surface area contributed by atoms with Crippen molar-refractivity contribution < 1.29 is 9.53 Å². The number of Topliss-reactive ketones (excluding diaryl/α,β-unsaturated/α-hetero) is 1. The molecule has 1 rings (SSSR count). The summed E-state index contributed by atoms with van der Waals surface area (Å²) < 4.78 is 5.61. The molecule has 102 valence electrons. The molecule has 1 aromatic rings. The van der Waals surface area contributed by atoms with Crippen molar-refractivity contribution in [2.24, 2.45) is 5.41 Å². The number of unbranched alkanes of at least 4 members (excludes halogenated alkanes) is 1. The van der Waals surface area contributed by atoms with Gasteiger partial charge in [-0.3, -0.25) is 4.79 Å². The topological polar surface area (TPSA) is 50.1 Å². The molecular weight excluding hydrogens is 238 g/mol. The zero-order valence-corrected chi connectivity index (χ0v) is 11.9. The summed E-state index contributed by atoms with van der Waals surface area (Å²) in [7, 11) is 0. The first-order valence-corrected chi connectivity index (χ1v) is 6.60. The number of benzene rings is 1. The lowest BCUT2D eigenvalue weighted by atomic mass is 9.89. The molecule has 0 atom stereocenters. The summed E-state index contributed by atoms with van der Waals surface area (Å²) in [6, 6.07) is 9.52. The summed E-state index contributed by atoms with van der Waals surface area (Å²) in [6.45, 7) is 6.06. The molecule has 0 saturated heterocycles. The highest BCUT2D eigenvalue weighted by molar-refractivity contribution is 5.94. The summed E-state index contributed by atoms with van der Waals surface area (Å²) in [4.78, 5) is 11.2. The molecule has 0 heterocycles. The smallest absolute Gasteiger partial charge is 0.159 e. The Hall–Kier alpha value is -1.82. The Morgan fingerprint density at radius 3 is 2.74 bits per heavy atom. The van der Waals surface area contributed by atoms with Crippen molar-refractivity contribution in [3.8, 4) is 11.8 Å². The van der Waals surface area contributed by atoms with Gasteiger partial charge >= 0.3 is 0 Å². The number of hydrogen-bond donors (Lipinski definition) is 0. The summed E-state index contributed by atoms with van der Waals surface area (Å²) in [5, 5.41) is 8.90. The van der Waals surface area contributed by atoms with Crippen LogP contribution in [0.25, 0.3) is 0 Å². The molecular formula is C16H21NO2. The first-order valence-electron chi connectivity index (χ1n) is 6.60. The first-order chi connectivity index (χ1) is 8.94. The highest BCUT2D eigenvalue weighted by atomic mass is 16.5. The Labute approximate surface area is 115 Å². The number of hydrogen-bond acceptors (Lipinski definition) is 3. The van der Waals surface area contributed by atoms with Crippen LogP contribution in [-0.2, 0) is 0 Å². The normalized spacial score (nSPS) is 10.8. The van der Waals surface area contributed by atoms with Crippen LogP contribution >= 0.6 is 0 Å². The van der Waals surface area contributed by atoms with E-state index < -0.39 is 0 Å². The van der Waals surface area contributed by atoms with Gasteiger partial charge in [0.15, 0.2) is 5.78 Å². The van der Waals surface area contributed by atoms with Crippen LogP contribution in [0.4, 0.5) is 0 Å². The van der Waals surface area contributed by atoms with E-state index in [4.69, 9.17) is 10.00 Å². The number of nitrogens with zero attached hydrogens (tertiary/aromatic N) is 1. The molecule has 0 aliphatic carbocycles. The van der Waals surface area contributed by atoms with Crippen molar-refractivity contribution in [3.05, 3.63) is 29.8 Å². The number of carbonyl (C=O) groups is 1. The SMILES string of the molecule is CC(=O)c1cccc(OCCCCC(C)(C)C#N)c1. The summed E-state index contributed by atoms with van der Waals surface area (Å²) in [6.07, 6.45) is 2.75. The van der Waals surface area contributed by atoms with Crippen molar-refractivity contribution >= 4 is 5.78 Å². The lowest BCUT2D eigenvalue weighted by Crippen LogP contribution is -2.08. The Balaban J connectivity index is 2.32. The van der Waals surface area contributed by atoms with Crippen LogP contribution in [-0.4, -0.2) is 12.4 Å². The third-order valence-corrected chi connectivity index (χ3v) is 3.01. The zero-order valence-electron chi connectivity index (χ0n) is 11.9. The first kappa shape index (κ1) is 15.2. The third-order valence-electron chi connectivity index (χ3n) is 3.01. The quantitative estimate of drug-likeness (QED) is 0.549. The molecule has 0 saturated carbocycles. The maximum absolute atomic E-state index is 11.2. The van der Waals surface area contributed by atoms with E-state index in [1.165, 1.54) is 0 Å². The van der Waals surface area contributed by atoms with Crippen LogP contribution in [0.3, 0.4) is 0 Å². The minimum Gasteiger partial charge on any atom is -0.494 e. The maximum Gasteiger partial charge on any atom is 0.159 e. The predicted molar refractivity (Wildman–Crippen MR) is 75.2 cm³/mol. The van der Waals surface area contributed by atoms with Gasteiger partial charge in [-0.15, -0.1) is 0 Å². The van der Waals surface area contributed by atoms with Crippen LogP contribution < -0.4 is 4.74 Å². The van der Waals surface area contributed by atoms with Crippen LogP contribution in [0.1, 0.15) is 50.4 Å². The van der Waals surface area contributed by atoms with Gasteiger partial charge < -0.3 is 4.74 Å². The maximum atomic E-state index is 11.2. The van der Waals surface area contributed by atoms with Gasteiger partial charge in [-0.2, -0.15) is 5.26 Å². The van der Waals surface area contributed by atoms with Crippen molar-refractivity contribution in [2.75, 3.05) is 6.61 Å². The van der Waals surface area contributed by atoms with Gasteiger partial charge in [0.25, 0.3) is 0 Å². The van der Waals surface area contributed by atoms with Gasteiger partial charge in [-0.25, -0.2) is 0 Å². The summed E-state index contributed by atoms with van der Waals surface area (Å²) in [5.41, 5.74) is 0.414. The monoisotopic (exact) mass is 259 g/mol. The second kappa shape index (κ2) is 6.94. The van der Waals surface area contributed by atoms with E-state index in [-0.39, 0.29) is 11.2 Å². The van der Waals surface area contributed by atoms with Gasteiger partial charge in [0.2, 0.25) is 0 Å². The second-order valence-electron chi connectivity index (χ2n) is 5.39. The number of ether oxygens (including phenoxy) is 1. The number of carbonyl (C=O) groups excluding carboxylic acids is 1.